The Morgan fingerprint density at radius 1 is 1.33 bits per heavy atom. The lowest BCUT2D eigenvalue weighted by atomic mass is 10.2. The van der Waals surface area contributed by atoms with Crippen LogP contribution in [-0.4, -0.2) is 34.1 Å². The van der Waals surface area contributed by atoms with Crippen molar-refractivity contribution in [3.05, 3.63) is 24.3 Å². The number of nitrogens with one attached hydrogen (secondary N) is 2. The molecule has 0 aliphatic carbocycles. The van der Waals surface area contributed by atoms with Crippen LogP contribution in [0.25, 0.3) is 10.9 Å². The van der Waals surface area contributed by atoms with E-state index in [9.17, 15) is 4.79 Å². The second kappa shape index (κ2) is 4.87. The lowest BCUT2D eigenvalue weighted by Crippen LogP contribution is -2.26. The fourth-order valence-electron chi connectivity index (χ4n) is 1.59. The van der Waals surface area contributed by atoms with E-state index in [-0.39, 0.29) is 0 Å². The van der Waals surface area contributed by atoms with Gasteiger partial charge in [-0.2, -0.15) is 4.98 Å². The lowest BCUT2D eigenvalue weighted by molar-refractivity contribution is -0.137. The van der Waals surface area contributed by atoms with Gasteiger partial charge in [0.25, 0.3) is 0 Å². The number of carboxylic acids is 1. The number of carboxylic acid groups (broad SMARTS) is 1. The van der Waals surface area contributed by atoms with E-state index >= 15 is 0 Å². The van der Waals surface area contributed by atoms with Crippen LogP contribution in [0.5, 0.6) is 0 Å². The molecule has 0 unspecified atom stereocenters. The van der Waals surface area contributed by atoms with E-state index in [1.807, 2.05) is 24.3 Å². The van der Waals surface area contributed by atoms with E-state index < -0.39 is 12.0 Å². The van der Waals surface area contributed by atoms with Gasteiger partial charge < -0.3 is 15.7 Å². The first-order valence-corrected chi connectivity index (χ1v) is 5.55. The number of carbonyl (C=O) groups is 1. The summed E-state index contributed by atoms with van der Waals surface area (Å²) in [4.78, 5) is 19.3. The number of hydrogen-bond acceptors (Lipinski definition) is 5. The minimum Gasteiger partial charge on any atom is -0.480 e. The van der Waals surface area contributed by atoms with Crippen molar-refractivity contribution in [2.45, 2.75) is 13.0 Å². The first-order valence-electron chi connectivity index (χ1n) is 5.55. The van der Waals surface area contributed by atoms with E-state index in [2.05, 4.69) is 20.6 Å². The third-order valence-electron chi connectivity index (χ3n) is 2.56. The Morgan fingerprint density at radius 2 is 2.06 bits per heavy atom. The molecule has 0 aliphatic rings. The summed E-state index contributed by atoms with van der Waals surface area (Å²) < 4.78 is 0. The van der Waals surface area contributed by atoms with Gasteiger partial charge in [0.05, 0.1) is 5.52 Å². The van der Waals surface area contributed by atoms with Crippen LogP contribution in [-0.2, 0) is 4.79 Å². The van der Waals surface area contributed by atoms with Crippen molar-refractivity contribution in [2.24, 2.45) is 0 Å². The van der Waals surface area contributed by atoms with Gasteiger partial charge in [-0.3, -0.25) is 4.79 Å². The molecule has 6 heteroatoms. The number of aliphatic carboxylic acids is 1. The zero-order chi connectivity index (χ0) is 13.1. The summed E-state index contributed by atoms with van der Waals surface area (Å²) in [6.45, 7) is 1.54. The van der Waals surface area contributed by atoms with Crippen molar-refractivity contribution in [1.82, 2.24) is 9.97 Å². The lowest BCUT2D eigenvalue weighted by Gasteiger charge is -2.11. The highest BCUT2D eigenvalue weighted by atomic mass is 16.4. The topological polar surface area (TPSA) is 87.1 Å². The van der Waals surface area contributed by atoms with Gasteiger partial charge in [-0.25, -0.2) is 4.98 Å². The average molecular weight is 246 g/mol. The number of aromatic nitrogens is 2. The molecule has 1 aromatic heterocycles. The van der Waals surface area contributed by atoms with E-state index in [0.717, 1.165) is 10.9 Å². The number of fused-ring (bicyclic) bond motifs is 1. The number of hydrogen-bond donors (Lipinski definition) is 3. The summed E-state index contributed by atoms with van der Waals surface area (Å²) in [7, 11) is 1.76. The smallest absolute Gasteiger partial charge is 0.325 e. The zero-order valence-corrected chi connectivity index (χ0v) is 10.1. The fourth-order valence-corrected chi connectivity index (χ4v) is 1.59. The highest BCUT2D eigenvalue weighted by Gasteiger charge is 2.13. The Bertz CT molecular complexity index is 585. The van der Waals surface area contributed by atoms with Gasteiger partial charge in [0.15, 0.2) is 0 Å². The van der Waals surface area contributed by atoms with Crippen LogP contribution in [0.1, 0.15) is 6.92 Å². The molecule has 0 spiro atoms. The van der Waals surface area contributed by atoms with Crippen LogP contribution >= 0.6 is 0 Å². The molecular formula is C12H14N4O2. The first-order chi connectivity index (χ1) is 8.61. The predicted octanol–water partition coefficient (Wildman–Crippen LogP) is 1.56. The van der Waals surface area contributed by atoms with Crippen molar-refractivity contribution in [1.29, 1.82) is 0 Å². The van der Waals surface area contributed by atoms with E-state index in [1.165, 1.54) is 0 Å². The minimum atomic E-state index is -0.947. The van der Waals surface area contributed by atoms with E-state index in [4.69, 9.17) is 5.11 Å². The summed E-state index contributed by atoms with van der Waals surface area (Å²) in [5.74, 6) is 0.0198. The molecule has 0 aliphatic heterocycles. The molecule has 1 atom stereocenters. The number of nitrogens with zero attached hydrogens (tertiary/aromatic N) is 2. The molecule has 0 radical (unpaired) electrons. The van der Waals surface area contributed by atoms with E-state index in [1.54, 1.807) is 14.0 Å². The third-order valence-corrected chi connectivity index (χ3v) is 2.56. The quantitative estimate of drug-likeness (QED) is 0.758. The third kappa shape index (κ3) is 2.32. The Morgan fingerprint density at radius 3 is 2.72 bits per heavy atom. The molecule has 94 valence electrons. The summed E-state index contributed by atoms with van der Waals surface area (Å²) in [5.41, 5.74) is 0.761. The van der Waals surface area contributed by atoms with Crippen LogP contribution < -0.4 is 10.6 Å². The summed E-state index contributed by atoms with van der Waals surface area (Å²) in [6, 6.07) is 6.80. The van der Waals surface area contributed by atoms with Gasteiger partial charge >= 0.3 is 5.97 Å². The van der Waals surface area contributed by atoms with Crippen molar-refractivity contribution in [2.75, 3.05) is 17.7 Å². The molecule has 0 bridgehead atoms. The fraction of sp³-hybridized carbons (Fsp3) is 0.250. The zero-order valence-electron chi connectivity index (χ0n) is 10.1. The number of rotatable bonds is 4. The predicted molar refractivity (Wildman–Crippen MR) is 69.8 cm³/mol. The SMILES string of the molecule is CNc1nc(N[C@H](C)C(=O)O)nc2ccccc12. The number of anilines is 2. The Balaban J connectivity index is 2.44. The Labute approximate surface area is 104 Å². The molecule has 0 fully saturated rings. The summed E-state index contributed by atoms with van der Waals surface area (Å²) in [6.07, 6.45) is 0. The molecule has 1 aromatic carbocycles. The van der Waals surface area contributed by atoms with Crippen LogP contribution in [0.15, 0.2) is 24.3 Å². The largest absolute Gasteiger partial charge is 0.480 e. The molecule has 3 N–H and O–H groups in total. The van der Waals surface area contributed by atoms with Gasteiger partial charge in [0, 0.05) is 12.4 Å². The van der Waals surface area contributed by atoms with Gasteiger partial charge in [0.1, 0.15) is 11.9 Å². The second-order valence-corrected chi connectivity index (χ2v) is 3.87. The normalized spacial score (nSPS) is 12.1. The van der Waals surface area contributed by atoms with E-state index in [0.29, 0.717) is 11.8 Å². The Hall–Kier alpha value is -2.37. The maximum atomic E-state index is 10.8. The molecule has 2 rings (SSSR count). The summed E-state index contributed by atoms with van der Waals surface area (Å²) >= 11 is 0. The highest BCUT2D eigenvalue weighted by molar-refractivity contribution is 5.90. The monoisotopic (exact) mass is 246 g/mol. The summed E-state index contributed by atoms with van der Waals surface area (Å²) in [5, 5.41) is 15.5. The second-order valence-electron chi connectivity index (χ2n) is 3.87. The van der Waals surface area contributed by atoms with Gasteiger partial charge in [-0.15, -0.1) is 0 Å². The number of para-hydroxylation sites is 1. The standard InChI is InChI=1S/C12H14N4O2/c1-7(11(17)18)14-12-15-9-6-4-3-5-8(9)10(13-2)16-12/h3-7H,1-2H3,(H,17,18)(H2,13,14,15,16)/t7-/m1/s1. The van der Waals surface area contributed by atoms with Crippen LogP contribution in [0.4, 0.5) is 11.8 Å². The minimum absolute atomic E-state index is 0.299. The van der Waals surface area contributed by atoms with Gasteiger partial charge in [-0.1, -0.05) is 12.1 Å². The number of benzene rings is 1. The average Bonchev–Trinajstić information content (AvgIpc) is 2.37. The molecule has 1 heterocycles. The molecule has 2 aromatic rings. The van der Waals surface area contributed by atoms with Gasteiger partial charge in [-0.05, 0) is 19.1 Å². The van der Waals surface area contributed by atoms with Gasteiger partial charge in [0.2, 0.25) is 5.95 Å². The molecule has 0 amide bonds. The maximum Gasteiger partial charge on any atom is 0.325 e. The van der Waals surface area contributed by atoms with Crippen molar-refractivity contribution >= 4 is 28.6 Å². The van der Waals surface area contributed by atoms with Crippen LogP contribution in [0, 0.1) is 0 Å². The molecule has 0 saturated carbocycles. The molecule has 0 saturated heterocycles. The maximum absolute atomic E-state index is 10.8. The molecule has 18 heavy (non-hydrogen) atoms. The van der Waals surface area contributed by atoms with Crippen molar-refractivity contribution in [3.8, 4) is 0 Å². The molecule has 6 nitrogen and oxygen atoms in total. The molecular weight excluding hydrogens is 232 g/mol. The Kier molecular flexibility index (Phi) is 3.27. The van der Waals surface area contributed by atoms with Crippen LogP contribution in [0.3, 0.4) is 0 Å². The highest BCUT2D eigenvalue weighted by Crippen LogP contribution is 2.21. The first kappa shape index (κ1) is 12.1. The van der Waals surface area contributed by atoms with Crippen molar-refractivity contribution in [3.63, 3.8) is 0 Å². The van der Waals surface area contributed by atoms with Crippen LogP contribution in [0.2, 0.25) is 0 Å². The van der Waals surface area contributed by atoms with Crippen molar-refractivity contribution < 1.29 is 9.90 Å².